The van der Waals surface area contributed by atoms with Crippen LogP contribution in [0.5, 0.6) is 0 Å². The average Bonchev–Trinajstić information content (AvgIpc) is 2.69. The molecule has 3 rings (SSSR count). The van der Waals surface area contributed by atoms with Crippen molar-refractivity contribution in [1.29, 1.82) is 0 Å². The van der Waals surface area contributed by atoms with E-state index in [1.165, 1.54) is 4.31 Å². The second kappa shape index (κ2) is 7.99. The molecule has 1 heterocycles. The summed E-state index contributed by atoms with van der Waals surface area (Å²) in [6, 6.07) is 15.7. The maximum Gasteiger partial charge on any atom is 0.253 e. The third-order valence-electron chi connectivity index (χ3n) is 4.39. The number of nitrogens with zero attached hydrogens (tertiary/aromatic N) is 2. The van der Waals surface area contributed by atoms with Gasteiger partial charge in [-0.05, 0) is 29.8 Å². The molecule has 1 aliphatic heterocycles. The van der Waals surface area contributed by atoms with Crippen LogP contribution in [0, 0.1) is 0 Å². The van der Waals surface area contributed by atoms with Crippen molar-refractivity contribution in [2.24, 2.45) is 0 Å². The van der Waals surface area contributed by atoms with Gasteiger partial charge in [-0.15, -0.1) is 0 Å². The molecule has 0 radical (unpaired) electrons. The lowest BCUT2D eigenvalue weighted by molar-refractivity contribution is 0.0697. The summed E-state index contributed by atoms with van der Waals surface area (Å²) in [7, 11) is -1.90. The van der Waals surface area contributed by atoms with Crippen LogP contribution in [0.2, 0.25) is 0 Å². The van der Waals surface area contributed by atoms with Crippen molar-refractivity contribution in [1.82, 2.24) is 9.21 Å². The number of benzene rings is 2. The fourth-order valence-electron chi connectivity index (χ4n) is 3.02. The van der Waals surface area contributed by atoms with E-state index in [1.807, 2.05) is 18.2 Å². The summed E-state index contributed by atoms with van der Waals surface area (Å²) < 4.78 is 31.9. The monoisotopic (exact) mass is 374 g/mol. The summed E-state index contributed by atoms with van der Waals surface area (Å²) in [6.45, 7) is 1.78. The molecule has 0 atom stereocenters. The summed E-state index contributed by atoms with van der Waals surface area (Å²) in [5, 5.41) is 0. The summed E-state index contributed by atoms with van der Waals surface area (Å²) in [5.74, 6) is -0.0836. The Hall–Kier alpha value is -2.22. The molecule has 1 saturated heterocycles. The number of ether oxygens (including phenoxy) is 1. The van der Waals surface area contributed by atoms with Crippen LogP contribution in [-0.4, -0.2) is 56.8 Å². The third-order valence-corrected chi connectivity index (χ3v) is 6.30. The van der Waals surface area contributed by atoms with Gasteiger partial charge in [0.2, 0.25) is 10.0 Å². The molecular formula is C19H22N2O4S. The van der Waals surface area contributed by atoms with Crippen molar-refractivity contribution in [3.8, 4) is 0 Å². The lowest BCUT2D eigenvalue weighted by Crippen LogP contribution is -2.50. The predicted molar refractivity (Wildman–Crippen MR) is 98.3 cm³/mol. The molecule has 0 saturated carbocycles. The number of sulfonamides is 1. The quantitative estimate of drug-likeness (QED) is 0.803. The second-order valence-corrected chi connectivity index (χ2v) is 8.08. The fourth-order valence-corrected chi connectivity index (χ4v) is 4.46. The molecule has 0 spiro atoms. The van der Waals surface area contributed by atoms with Crippen LogP contribution in [0.25, 0.3) is 0 Å². The minimum Gasteiger partial charge on any atom is -0.380 e. The van der Waals surface area contributed by atoms with Crippen LogP contribution in [0.15, 0.2) is 59.5 Å². The Bertz CT molecular complexity index is 860. The van der Waals surface area contributed by atoms with Crippen molar-refractivity contribution >= 4 is 15.9 Å². The molecule has 1 fully saturated rings. The Morgan fingerprint density at radius 3 is 2.35 bits per heavy atom. The van der Waals surface area contributed by atoms with Crippen LogP contribution in [0.1, 0.15) is 15.9 Å². The summed E-state index contributed by atoms with van der Waals surface area (Å²) in [4.78, 5) is 14.7. The first-order chi connectivity index (χ1) is 12.5. The highest BCUT2D eigenvalue weighted by molar-refractivity contribution is 7.89. The van der Waals surface area contributed by atoms with Gasteiger partial charge in [-0.2, -0.15) is 4.31 Å². The molecule has 138 valence electrons. The number of piperazine rings is 1. The molecule has 0 bridgehead atoms. The largest absolute Gasteiger partial charge is 0.380 e. The Labute approximate surface area is 154 Å². The zero-order chi connectivity index (χ0) is 18.6. The van der Waals surface area contributed by atoms with Crippen LogP contribution in [0.3, 0.4) is 0 Å². The van der Waals surface area contributed by atoms with Gasteiger partial charge >= 0.3 is 0 Å². The van der Waals surface area contributed by atoms with Gasteiger partial charge in [-0.3, -0.25) is 4.79 Å². The molecule has 26 heavy (non-hydrogen) atoms. The number of hydrogen-bond acceptors (Lipinski definition) is 4. The SMILES string of the molecule is COCc1cccc(C(=O)N2CCN(S(=O)(=O)c3ccccc3)CC2)c1. The van der Waals surface area contributed by atoms with Gasteiger partial charge in [-0.25, -0.2) is 8.42 Å². The van der Waals surface area contributed by atoms with E-state index in [-0.39, 0.29) is 10.8 Å². The summed E-state index contributed by atoms with van der Waals surface area (Å²) in [5.41, 5.74) is 1.53. The first-order valence-corrected chi connectivity index (χ1v) is 9.89. The molecule has 0 aromatic heterocycles. The molecule has 1 amide bonds. The molecule has 0 aliphatic carbocycles. The first-order valence-electron chi connectivity index (χ1n) is 8.45. The van der Waals surface area contributed by atoms with Crippen LogP contribution in [-0.2, 0) is 21.4 Å². The van der Waals surface area contributed by atoms with Gasteiger partial charge < -0.3 is 9.64 Å². The standard InChI is InChI=1S/C19H22N2O4S/c1-25-15-16-6-5-7-17(14-16)19(22)20-10-12-21(13-11-20)26(23,24)18-8-3-2-4-9-18/h2-9,14H,10-13,15H2,1H3. The second-order valence-electron chi connectivity index (χ2n) is 6.14. The zero-order valence-electron chi connectivity index (χ0n) is 14.7. The van der Waals surface area contributed by atoms with Crippen LogP contribution >= 0.6 is 0 Å². The number of hydrogen-bond donors (Lipinski definition) is 0. The van der Waals surface area contributed by atoms with E-state index in [1.54, 1.807) is 48.4 Å². The number of amides is 1. The molecular weight excluding hydrogens is 352 g/mol. The summed E-state index contributed by atoms with van der Waals surface area (Å²) in [6.07, 6.45) is 0. The summed E-state index contributed by atoms with van der Waals surface area (Å²) >= 11 is 0. The number of methoxy groups -OCH3 is 1. The van der Waals surface area contributed by atoms with E-state index in [0.717, 1.165) is 5.56 Å². The Morgan fingerprint density at radius 2 is 1.69 bits per heavy atom. The fraction of sp³-hybridized carbons (Fsp3) is 0.316. The topological polar surface area (TPSA) is 66.9 Å². The van der Waals surface area contributed by atoms with Crippen molar-refractivity contribution in [2.75, 3.05) is 33.3 Å². The first kappa shape index (κ1) is 18.6. The Kier molecular flexibility index (Phi) is 5.70. The van der Waals surface area contributed by atoms with E-state index in [4.69, 9.17) is 4.74 Å². The predicted octanol–water partition coefficient (Wildman–Crippen LogP) is 1.98. The van der Waals surface area contributed by atoms with Crippen LogP contribution in [0.4, 0.5) is 0 Å². The molecule has 0 unspecified atom stereocenters. The minimum atomic E-state index is -3.51. The lowest BCUT2D eigenvalue weighted by Gasteiger charge is -2.34. The van der Waals surface area contributed by atoms with E-state index in [0.29, 0.717) is 38.3 Å². The molecule has 2 aromatic rings. The van der Waals surface area contributed by atoms with Crippen molar-refractivity contribution in [3.63, 3.8) is 0 Å². The average molecular weight is 374 g/mol. The maximum absolute atomic E-state index is 12.7. The Morgan fingerprint density at radius 1 is 1.00 bits per heavy atom. The lowest BCUT2D eigenvalue weighted by atomic mass is 10.1. The maximum atomic E-state index is 12.7. The highest BCUT2D eigenvalue weighted by Crippen LogP contribution is 2.18. The van der Waals surface area contributed by atoms with Gasteiger partial charge in [0.1, 0.15) is 0 Å². The van der Waals surface area contributed by atoms with Crippen molar-refractivity contribution < 1.29 is 17.9 Å². The van der Waals surface area contributed by atoms with Gasteiger partial charge in [0.25, 0.3) is 5.91 Å². The number of rotatable bonds is 5. The van der Waals surface area contributed by atoms with Crippen LogP contribution < -0.4 is 0 Å². The normalized spacial score (nSPS) is 15.8. The van der Waals surface area contributed by atoms with E-state index in [2.05, 4.69) is 0 Å². The molecule has 2 aromatic carbocycles. The minimum absolute atomic E-state index is 0.0836. The highest BCUT2D eigenvalue weighted by atomic mass is 32.2. The molecule has 1 aliphatic rings. The van der Waals surface area contributed by atoms with E-state index < -0.39 is 10.0 Å². The van der Waals surface area contributed by atoms with Gasteiger partial charge in [-0.1, -0.05) is 30.3 Å². The van der Waals surface area contributed by atoms with Crippen molar-refractivity contribution in [2.45, 2.75) is 11.5 Å². The van der Waals surface area contributed by atoms with Crippen molar-refractivity contribution in [3.05, 3.63) is 65.7 Å². The van der Waals surface area contributed by atoms with Gasteiger partial charge in [0.15, 0.2) is 0 Å². The molecule has 0 N–H and O–H groups in total. The van der Waals surface area contributed by atoms with E-state index >= 15 is 0 Å². The Balaban J connectivity index is 1.67. The van der Waals surface area contributed by atoms with E-state index in [9.17, 15) is 13.2 Å². The number of carbonyl (C=O) groups is 1. The van der Waals surface area contributed by atoms with Gasteiger partial charge in [0, 0.05) is 38.9 Å². The molecule has 6 nitrogen and oxygen atoms in total. The zero-order valence-corrected chi connectivity index (χ0v) is 15.5. The highest BCUT2D eigenvalue weighted by Gasteiger charge is 2.30. The number of carbonyl (C=O) groups excluding carboxylic acids is 1. The van der Waals surface area contributed by atoms with Gasteiger partial charge in [0.05, 0.1) is 11.5 Å². The molecule has 7 heteroatoms. The smallest absolute Gasteiger partial charge is 0.253 e. The third kappa shape index (κ3) is 3.95.